The first-order chi connectivity index (χ1) is 12.0. The van der Waals surface area contributed by atoms with Crippen LogP contribution in [0.2, 0.25) is 0 Å². The van der Waals surface area contributed by atoms with Gasteiger partial charge in [-0.3, -0.25) is 9.69 Å². The zero-order valence-electron chi connectivity index (χ0n) is 14.7. The third-order valence-corrected chi connectivity index (χ3v) is 4.59. The van der Waals surface area contributed by atoms with E-state index in [1.165, 1.54) is 0 Å². The average molecular weight is 343 g/mol. The number of hydrogen-bond acceptors (Lipinski definition) is 5. The highest BCUT2D eigenvalue weighted by molar-refractivity contribution is 5.94. The molecule has 2 N–H and O–H groups in total. The van der Waals surface area contributed by atoms with Crippen molar-refractivity contribution in [2.24, 2.45) is 0 Å². The smallest absolute Gasteiger partial charge is 0.251 e. The van der Waals surface area contributed by atoms with Crippen molar-refractivity contribution < 1.29 is 9.90 Å². The summed E-state index contributed by atoms with van der Waals surface area (Å²) in [6, 6.07) is 9.16. The molecule has 25 heavy (non-hydrogen) atoms. The summed E-state index contributed by atoms with van der Waals surface area (Å²) in [5, 5.41) is 21.6. The van der Waals surface area contributed by atoms with E-state index in [-0.39, 0.29) is 11.9 Å². The van der Waals surface area contributed by atoms with Crippen LogP contribution in [0.5, 0.6) is 0 Å². The lowest BCUT2D eigenvalue weighted by atomic mass is 10.0. The van der Waals surface area contributed by atoms with Crippen LogP contribution in [0.15, 0.2) is 36.7 Å². The predicted molar refractivity (Wildman–Crippen MR) is 94.0 cm³/mol. The van der Waals surface area contributed by atoms with E-state index in [9.17, 15) is 9.90 Å². The first-order valence-electron chi connectivity index (χ1n) is 8.69. The second kappa shape index (κ2) is 7.76. The number of carbonyl (C=O) groups is 1. The van der Waals surface area contributed by atoms with Gasteiger partial charge in [-0.05, 0) is 32.4 Å². The van der Waals surface area contributed by atoms with Crippen molar-refractivity contribution in [3.8, 4) is 0 Å². The molecule has 7 nitrogen and oxygen atoms in total. The fourth-order valence-corrected chi connectivity index (χ4v) is 3.16. The summed E-state index contributed by atoms with van der Waals surface area (Å²) in [6.45, 7) is 6.13. The number of rotatable bonds is 5. The molecule has 134 valence electrons. The van der Waals surface area contributed by atoms with Crippen molar-refractivity contribution in [2.45, 2.75) is 45.0 Å². The number of amides is 1. The minimum atomic E-state index is -0.600. The number of nitrogens with one attached hydrogen (secondary N) is 1. The van der Waals surface area contributed by atoms with Gasteiger partial charge in [-0.25, -0.2) is 0 Å². The van der Waals surface area contributed by atoms with Crippen LogP contribution in [0, 0.1) is 0 Å². The Hall–Kier alpha value is -2.25. The molecule has 2 atom stereocenters. The fourth-order valence-electron chi connectivity index (χ4n) is 3.16. The zero-order chi connectivity index (χ0) is 17.8. The molecule has 3 rings (SSSR count). The van der Waals surface area contributed by atoms with Gasteiger partial charge in [-0.15, -0.1) is 10.2 Å². The first kappa shape index (κ1) is 17.6. The Bertz CT molecular complexity index is 701. The van der Waals surface area contributed by atoms with Crippen molar-refractivity contribution in [3.05, 3.63) is 48.0 Å². The Morgan fingerprint density at radius 2 is 2.12 bits per heavy atom. The summed E-state index contributed by atoms with van der Waals surface area (Å²) in [6.07, 6.45) is 1.84. The predicted octanol–water partition coefficient (Wildman–Crippen LogP) is 1.22. The molecule has 2 aromatic rings. The van der Waals surface area contributed by atoms with E-state index in [2.05, 4.69) is 34.3 Å². The van der Waals surface area contributed by atoms with Gasteiger partial charge in [0, 0.05) is 24.7 Å². The largest absolute Gasteiger partial charge is 0.390 e. The van der Waals surface area contributed by atoms with Crippen molar-refractivity contribution in [1.82, 2.24) is 25.0 Å². The number of hydrogen-bond donors (Lipinski definition) is 2. The van der Waals surface area contributed by atoms with Gasteiger partial charge >= 0.3 is 0 Å². The van der Waals surface area contributed by atoms with Crippen LogP contribution in [0.3, 0.4) is 0 Å². The molecule has 0 bridgehead atoms. The Kier molecular flexibility index (Phi) is 5.45. The van der Waals surface area contributed by atoms with Crippen molar-refractivity contribution in [1.29, 1.82) is 0 Å². The molecular formula is C18H25N5O2. The first-order valence-corrected chi connectivity index (χ1v) is 8.69. The summed E-state index contributed by atoms with van der Waals surface area (Å²) in [5.74, 6) is 0.756. The average Bonchev–Trinajstić information content (AvgIpc) is 3.06. The molecule has 1 amide bonds. The monoisotopic (exact) mass is 343 g/mol. The van der Waals surface area contributed by atoms with Gasteiger partial charge < -0.3 is 15.0 Å². The molecule has 0 aliphatic carbocycles. The Labute approximate surface area is 147 Å². The summed E-state index contributed by atoms with van der Waals surface area (Å²) in [4.78, 5) is 14.4. The summed E-state index contributed by atoms with van der Waals surface area (Å²) < 4.78 is 2.04. The molecule has 0 unspecified atom stereocenters. The van der Waals surface area contributed by atoms with E-state index in [1.54, 1.807) is 18.5 Å². The second-order valence-corrected chi connectivity index (χ2v) is 6.79. The zero-order valence-corrected chi connectivity index (χ0v) is 14.7. The number of β-amino-alcohol motifs (C(OH)–C–C–N with tert-alkyl or cyclic N) is 1. The van der Waals surface area contributed by atoms with Crippen LogP contribution in [0.25, 0.3) is 0 Å². The van der Waals surface area contributed by atoms with Crippen molar-refractivity contribution >= 4 is 5.91 Å². The van der Waals surface area contributed by atoms with Crippen LogP contribution in [-0.4, -0.2) is 55.9 Å². The van der Waals surface area contributed by atoms with E-state index in [0.717, 1.165) is 12.4 Å². The Balaban J connectivity index is 1.55. The van der Waals surface area contributed by atoms with Gasteiger partial charge in [-0.2, -0.15) is 0 Å². The minimum absolute atomic E-state index is 0.141. The second-order valence-electron chi connectivity index (χ2n) is 6.79. The highest BCUT2D eigenvalue weighted by Gasteiger charge is 2.29. The standard InChI is InChI=1S/C18H25N5O2/c1-13(2)23-12-19-21-17(23)11-22-9-8-15(16(24)10-22)20-18(25)14-6-4-3-5-7-14/h3-7,12-13,15-16,24H,8-11H2,1-2H3,(H,20,25)/t15-,16-/m1/s1. The number of aromatic nitrogens is 3. The maximum absolute atomic E-state index is 12.3. The van der Waals surface area contributed by atoms with E-state index in [0.29, 0.717) is 31.1 Å². The summed E-state index contributed by atoms with van der Waals surface area (Å²) in [7, 11) is 0. The quantitative estimate of drug-likeness (QED) is 0.853. The molecule has 0 saturated carbocycles. The summed E-state index contributed by atoms with van der Waals surface area (Å²) in [5.41, 5.74) is 0.613. The maximum atomic E-state index is 12.3. The third kappa shape index (κ3) is 4.24. The van der Waals surface area contributed by atoms with Crippen molar-refractivity contribution in [3.63, 3.8) is 0 Å². The lowest BCUT2D eigenvalue weighted by Crippen LogP contribution is -2.53. The van der Waals surface area contributed by atoms with Gasteiger partial charge in [0.05, 0.1) is 18.7 Å². The molecule has 7 heteroatoms. The molecule has 0 spiro atoms. The number of aliphatic hydroxyl groups excluding tert-OH is 1. The molecular weight excluding hydrogens is 318 g/mol. The van der Waals surface area contributed by atoms with E-state index >= 15 is 0 Å². The van der Waals surface area contributed by atoms with Crippen LogP contribution in [-0.2, 0) is 6.54 Å². The highest BCUT2D eigenvalue weighted by atomic mass is 16.3. The normalized spacial score (nSPS) is 21.4. The summed E-state index contributed by atoms with van der Waals surface area (Å²) >= 11 is 0. The van der Waals surface area contributed by atoms with Crippen molar-refractivity contribution in [2.75, 3.05) is 13.1 Å². The Morgan fingerprint density at radius 1 is 1.36 bits per heavy atom. The molecule has 1 aliphatic rings. The number of aliphatic hydroxyl groups is 1. The number of carbonyl (C=O) groups excluding carboxylic acids is 1. The number of piperidine rings is 1. The van der Waals surface area contributed by atoms with Gasteiger partial charge in [0.25, 0.3) is 5.91 Å². The van der Waals surface area contributed by atoms with Crippen LogP contribution in [0.1, 0.15) is 42.5 Å². The lowest BCUT2D eigenvalue weighted by molar-refractivity contribution is 0.0335. The van der Waals surface area contributed by atoms with E-state index < -0.39 is 6.10 Å². The fraction of sp³-hybridized carbons (Fsp3) is 0.500. The van der Waals surface area contributed by atoms with Gasteiger partial charge in [0.15, 0.2) is 0 Å². The lowest BCUT2D eigenvalue weighted by Gasteiger charge is -2.36. The molecule has 0 radical (unpaired) electrons. The number of likely N-dealkylation sites (tertiary alicyclic amines) is 1. The van der Waals surface area contributed by atoms with Crippen LogP contribution in [0.4, 0.5) is 0 Å². The highest BCUT2D eigenvalue weighted by Crippen LogP contribution is 2.16. The topological polar surface area (TPSA) is 83.3 Å². The van der Waals surface area contributed by atoms with Gasteiger partial charge in [0.2, 0.25) is 0 Å². The minimum Gasteiger partial charge on any atom is -0.390 e. The van der Waals surface area contributed by atoms with Crippen LogP contribution < -0.4 is 5.32 Å². The van der Waals surface area contributed by atoms with E-state index in [4.69, 9.17) is 0 Å². The molecule has 2 heterocycles. The molecule has 1 aliphatic heterocycles. The Morgan fingerprint density at radius 3 is 2.80 bits per heavy atom. The molecule has 1 saturated heterocycles. The SMILES string of the molecule is CC(C)n1cnnc1CN1CC[C@@H](NC(=O)c2ccccc2)[C@H](O)C1. The number of benzene rings is 1. The third-order valence-electron chi connectivity index (χ3n) is 4.59. The van der Waals surface area contributed by atoms with E-state index in [1.807, 2.05) is 22.8 Å². The van der Waals surface area contributed by atoms with Gasteiger partial charge in [-0.1, -0.05) is 18.2 Å². The van der Waals surface area contributed by atoms with Crippen LogP contribution >= 0.6 is 0 Å². The van der Waals surface area contributed by atoms with Gasteiger partial charge in [0.1, 0.15) is 12.2 Å². The maximum Gasteiger partial charge on any atom is 0.251 e. The molecule has 1 aromatic carbocycles. The number of nitrogens with zero attached hydrogens (tertiary/aromatic N) is 4. The molecule has 1 fully saturated rings. The molecule has 1 aromatic heterocycles.